The highest BCUT2D eigenvalue weighted by Gasteiger charge is 2.15. The van der Waals surface area contributed by atoms with Crippen molar-refractivity contribution in [3.63, 3.8) is 0 Å². The summed E-state index contributed by atoms with van der Waals surface area (Å²) in [7, 11) is 0. The molecule has 0 spiro atoms. The van der Waals surface area contributed by atoms with Crippen LogP contribution in [0, 0.1) is 22.7 Å². The first-order valence-corrected chi connectivity index (χ1v) is 7.01. The second kappa shape index (κ2) is 5.64. The van der Waals surface area contributed by atoms with Crippen molar-refractivity contribution in [2.24, 2.45) is 0 Å². The zero-order valence-corrected chi connectivity index (χ0v) is 11.6. The van der Waals surface area contributed by atoms with Crippen molar-refractivity contribution in [2.45, 2.75) is 25.7 Å². The summed E-state index contributed by atoms with van der Waals surface area (Å²) >= 11 is 0. The van der Waals surface area contributed by atoms with Crippen LogP contribution in [0.3, 0.4) is 0 Å². The van der Waals surface area contributed by atoms with Gasteiger partial charge in [0.25, 0.3) is 0 Å². The molecule has 0 bridgehead atoms. The number of rotatable bonds is 2. The molecular formula is C17H14N4. The summed E-state index contributed by atoms with van der Waals surface area (Å²) in [6.45, 7) is 0. The largest absolute Gasteiger partial charge is 0.338 e. The quantitative estimate of drug-likeness (QED) is 0.910. The first-order chi connectivity index (χ1) is 10.3. The van der Waals surface area contributed by atoms with E-state index in [9.17, 15) is 5.26 Å². The fourth-order valence-electron chi connectivity index (χ4n) is 2.63. The summed E-state index contributed by atoms with van der Waals surface area (Å²) in [4.78, 5) is 4.61. The number of benzene rings is 1. The van der Waals surface area contributed by atoms with E-state index in [0.29, 0.717) is 22.6 Å². The molecular weight excluding hydrogens is 260 g/mol. The standard InChI is InChI=1S/C17H14N4/c18-10-13-6-2-4-8-16(13)21-17-14(11-19)9-12-5-1-3-7-15(12)20-17/h2,4,6,8-9H,1,3,5,7H2,(H,20,21). The Morgan fingerprint density at radius 2 is 1.76 bits per heavy atom. The molecule has 1 aliphatic rings. The van der Waals surface area contributed by atoms with Crippen LogP contribution >= 0.6 is 0 Å². The molecule has 1 N–H and O–H groups in total. The molecule has 1 aromatic carbocycles. The highest BCUT2D eigenvalue weighted by atomic mass is 15.0. The van der Waals surface area contributed by atoms with Gasteiger partial charge in [-0.15, -0.1) is 0 Å². The van der Waals surface area contributed by atoms with E-state index in [1.807, 2.05) is 24.3 Å². The maximum absolute atomic E-state index is 9.33. The minimum atomic E-state index is 0.531. The Balaban J connectivity index is 2.02. The van der Waals surface area contributed by atoms with E-state index >= 15 is 0 Å². The number of fused-ring (bicyclic) bond motifs is 1. The number of aromatic nitrogens is 1. The van der Waals surface area contributed by atoms with Crippen molar-refractivity contribution in [2.75, 3.05) is 5.32 Å². The molecule has 21 heavy (non-hydrogen) atoms. The molecule has 3 rings (SSSR count). The third kappa shape index (κ3) is 2.57. The van der Waals surface area contributed by atoms with Gasteiger partial charge in [0.15, 0.2) is 0 Å². The monoisotopic (exact) mass is 274 g/mol. The maximum atomic E-state index is 9.33. The molecule has 1 heterocycles. The van der Waals surface area contributed by atoms with E-state index in [0.717, 1.165) is 31.4 Å². The van der Waals surface area contributed by atoms with Gasteiger partial charge in [-0.25, -0.2) is 4.98 Å². The van der Waals surface area contributed by atoms with Crippen molar-refractivity contribution < 1.29 is 0 Å². The van der Waals surface area contributed by atoms with Crippen LogP contribution in [0.5, 0.6) is 0 Å². The predicted molar refractivity (Wildman–Crippen MR) is 80.0 cm³/mol. The second-order valence-corrected chi connectivity index (χ2v) is 5.09. The van der Waals surface area contributed by atoms with E-state index in [2.05, 4.69) is 22.4 Å². The number of nitrogens with one attached hydrogen (secondary N) is 1. The number of para-hydroxylation sites is 1. The number of pyridine rings is 1. The van der Waals surface area contributed by atoms with Crippen LogP contribution in [0.1, 0.15) is 35.2 Å². The molecule has 102 valence electrons. The van der Waals surface area contributed by atoms with Crippen LogP contribution in [0.15, 0.2) is 30.3 Å². The van der Waals surface area contributed by atoms with Gasteiger partial charge < -0.3 is 5.32 Å². The minimum absolute atomic E-state index is 0.531. The van der Waals surface area contributed by atoms with E-state index in [-0.39, 0.29) is 0 Å². The average Bonchev–Trinajstić information content (AvgIpc) is 2.54. The van der Waals surface area contributed by atoms with Gasteiger partial charge in [-0.05, 0) is 49.4 Å². The van der Waals surface area contributed by atoms with Crippen molar-refractivity contribution in [3.8, 4) is 12.1 Å². The molecule has 0 aliphatic heterocycles. The van der Waals surface area contributed by atoms with Crippen LogP contribution in [0.25, 0.3) is 0 Å². The van der Waals surface area contributed by atoms with Gasteiger partial charge in [0.1, 0.15) is 18.0 Å². The number of anilines is 2. The summed E-state index contributed by atoms with van der Waals surface area (Å²) in [5.41, 5.74) is 4.00. The van der Waals surface area contributed by atoms with Gasteiger partial charge in [-0.2, -0.15) is 10.5 Å². The molecule has 2 aromatic rings. The Morgan fingerprint density at radius 1 is 1.00 bits per heavy atom. The van der Waals surface area contributed by atoms with Gasteiger partial charge in [0.2, 0.25) is 0 Å². The lowest BCUT2D eigenvalue weighted by atomic mass is 9.95. The lowest BCUT2D eigenvalue weighted by Gasteiger charge is -2.17. The lowest BCUT2D eigenvalue weighted by molar-refractivity contribution is 0.668. The Morgan fingerprint density at radius 3 is 2.57 bits per heavy atom. The third-order valence-electron chi connectivity index (χ3n) is 3.72. The fraction of sp³-hybridized carbons (Fsp3) is 0.235. The average molecular weight is 274 g/mol. The van der Waals surface area contributed by atoms with Crippen LogP contribution in [0.2, 0.25) is 0 Å². The highest BCUT2D eigenvalue weighted by molar-refractivity contribution is 5.68. The number of nitrogens with zero attached hydrogens (tertiary/aromatic N) is 3. The molecule has 1 aromatic heterocycles. The van der Waals surface area contributed by atoms with E-state index in [4.69, 9.17) is 5.26 Å². The Labute approximate surface area is 123 Å². The van der Waals surface area contributed by atoms with Crippen LogP contribution < -0.4 is 5.32 Å². The van der Waals surface area contributed by atoms with Gasteiger partial charge in [-0.1, -0.05) is 12.1 Å². The SMILES string of the molecule is N#Cc1ccccc1Nc1nc2c(cc1C#N)CCCC2. The molecule has 0 radical (unpaired) electrons. The zero-order valence-electron chi connectivity index (χ0n) is 11.6. The van der Waals surface area contributed by atoms with Gasteiger partial charge in [0, 0.05) is 5.69 Å². The Kier molecular flexibility index (Phi) is 3.53. The van der Waals surface area contributed by atoms with Crippen molar-refractivity contribution in [1.82, 2.24) is 4.98 Å². The third-order valence-corrected chi connectivity index (χ3v) is 3.72. The topological polar surface area (TPSA) is 72.5 Å². The van der Waals surface area contributed by atoms with E-state index in [1.54, 1.807) is 6.07 Å². The summed E-state index contributed by atoms with van der Waals surface area (Å²) < 4.78 is 0. The summed E-state index contributed by atoms with van der Waals surface area (Å²) in [6.07, 6.45) is 4.24. The smallest absolute Gasteiger partial charge is 0.148 e. The number of hydrogen-bond acceptors (Lipinski definition) is 4. The van der Waals surface area contributed by atoms with Crippen LogP contribution in [-0.2, 0) is 12.8 Å². The minimum Gasteiger partial charge on any atom is -0.338 e. The summed E-state index contributed by atoms with van der Waals surface area (Å²) in [6, 6.07) is 13.5. The molecule has 0 fully saturated rings. The second-order valence-electron chi connectivity index (χ2n) is 5.09. The molecule has 0 saturated carbocycles. The maximum Gasteiger partial charge on any atom is 0.148 e. The molecule has 4 nitrogen and oxygen atoms in total. The molecule has 0 atom stereocenters. The molecule has 1 aliphatic carbocycles. The van der Waals surface area contributed by atoms with Gasteiger partial charge >= 0.3 is 0 Å². The summed E-state index contributed by atoms with van der Waals surface area (Å²) in [5.74, 6) is 0.542. The van der Waals surface area contributed by atoms with Crippen molar-refractivity contribution in [1.29, 1.82) is 10.5 Å². The number of hydrogen-bond donors (Lipinski definition) is 1. The van der Waals surface area contributed by atoms with Crippen molar-refractivity contribution in [3.05, 3.63) is 52.7 Å². The summed E-state index contributed by atoms with van der Waals surface area (Å²) in [5, 5.41) is 21.6. The number of nitriles is 2. The first-order valence-electron chi connectivity index (χ1n) is 7.01. The molecule has 4 heteroatoms. The van der Waals surface area contributed by atoms with Crippen LogP contribution in [0.4, 0.5) is 11.5 Å². The van der Waals surface area contributed by atoms with E-state index in [1.165, 1.54) is 5.56 Å². The zero-order chi connectivity index (χ0) is 14.7. The molecule has 0 saturated heterocycles. The Bertz CT molecular complexity index is 765. The normalized spacial score (nSPS) is 12.9. The van der Waals surface area contributed by atoms with E-state index < -0.39 is 0 Å². The fourth-order valence-corrected chi connectivity index (χ4v) is 2.63. The lowest BCUT2D eigenvalue weighted by Crippen LogP contribution is -2.09. The van der Waals surface area contributed by atoms with Gasteiger partial charge in [0.05, 0.1) is 16.8 Å². The Hall–Kier alpha value is -2.85. The number of aryl methyl sites for hydroxylation is 2. The molecule has 0 unspecified atom stereocenters. The van der Waals surface area contributed by atoms with Crippen molar-refractivity contribution >= 4 is 11.5 Å². The molecule has 0 amide bonds. The first kappa shape index (κ1) is 13.1. The predicted octanol–water partition coefficient (Wildman–Crippen LogP) is 3.45. The highest BCUT2D eigenvalue weighted by Crippen LogP contribution is 2.27. The van der Waals surface area contributed by atoms with Gasteiger partial charge in [-0.3, -0.25) is 0 Å². The van der Waals surface area contributed by atoms with Crippen LogP contribution in [-0.4, -0.2) is 4.98 Å².